The number of aromatic nitrogens is 2. The molecule has 3 rings (SSSR count). The van der Waals surface area contributed by atoms with Crippen molar-refractivity contribution >= 4 is 29.1 Å². The molecule has 0 spiro atoms. The summed E-state index contributed by atoms with van der Waals surface area (Å²) in [5.74, 6) is 0.154. The van der Waals surface area contributed by atoms with E-state index in [4.69, 9.17) is 11.6 Å². The number of carbonyl (C=O) groups excluding carboxylic acids is 1. The highest BCUT2D eigenvalue weighted by atomic mass is 35.5. The number of aromatic amines is 1. The summed E-state index contributed by atoms with van der Waals surface area (Å²) < 4.78 is 0. The Bertz CT molecular complexity index is 759. The van der Waals surface area contributed by atoms with Crippen LogP contribution in [0.2, 0.25) is 5.02 Å². The zero-order valence-electron chi connectivity index (χ0n) is 11.3. The topological polar surface area (TPSA) is 78.1 Å². The second-order valence-electron chi connectivity index (χ2n) is 4.84. The lowest BCUT2D eigenvalue weighted by Gasteiger charge is -2.31. The summed E-state index contributed by atoms with van der Waals surface area (Å²) in [6.07, 6.45) is 1.79. The van der Waals surface area contributed by atoms with Gasteiger partial charge in [0.05, 0.1) is 6.20 Å². The molecule has 0 aliphatic carbocycles. The number of amides is 1. The highest BCUT2D eigenvalue weighted by Gasteiger charge is 2.30. The Morgan fingerprint density at radius 3 is 2.90 bits per heavy atom. The van der Waals surface area contributed by atoms with E-state index in [0.717, 1.165) is 11.3 Å². The Labute approximate surface area is 125 Å². The molecule has 1 aliphatic heterocycles. The van der Waals surface area contributed by atoms with Crippen molar-refractivity contribution in [3.8, 4) is 0 Å². The fraction of sp³-hybridized carbons (Fsp3) is 0.214. The monoisotopic (exact) mass is 304 g/mol. The van der Waals surface area contributed by atoms with Crippen molar-refractivity contribution in [2.45, 2.75) is 12.5 Å². The molecule has 1 aromatic heterocycles. The minimum Gasteiger partial charge on any atom is -0.344 e. The number of carbonyl (C=O) groups is 1. The standard InChI is InChI=1S/C14H13ClN4O2/c1-19-11-5-3-2-4-8(11)6-10(13(19)21)17-14-16-7-9(15)12(20)18-14/h2-5,7,10H,6H2,1H3,(H2,16,17,18,20). The van der Waals surface area contributed by atoms with Crippen molar-refractivity contribution in [1.29, 1.82) is 0 Å². The van der Waals surface area contributed by atoms with Gasteiger partial charge in [0, 0.05) is 19.2 Å². The predicted molar refractivity (Wildman–Crippen MR) is 80.8 cm³/mol. The number of nitrogens with zero attached hydrogens (tertiary/aromatic N) is 2. The summed E-state index contributed by atoms with van der Waals surface area (Å²) in [4.78, 5) is 31.9. The number of halogens is 1. The molecular formula is C14H13ClN4O2. The van der Waals surface area contributed by atoms with Gasteiger partial charge in [0.25, 0.3) is 5.56 Å². The summed E-state index contributed by atoms with van der Waals surface area (Å²) in [5, 5.41) is 2.97. The molecule has 108 valence electrons. The van der Waals surface area contributed by atoms with Gasteiger partial charge in [-0.15, -0.1) is 0 Å². The first-order valence-corrected chi connectivity index (χ1v) is 6.81. The molecule has 1 atom stereocenters. The number of benzene rings is 1. The Morgan fingerprint density at radius 1 is 1.38 bits per heavy atom. The first-order chi connectivity index (χ1) is 10.1. The highest BCUT2D eigenvalue weighted by molar-refractivity contribution is 6.30. The van der Waals surface area contributed by atoms with E-state index in [2.05, 4.69) is 15.3 Å². The van der Waals surface area contributed by atoms with Crippen molar-refractivity contribution in [1.82, 2.24) is 9.97 Å². The van der Waals surface area contributed by atoms with Crippen LogP contribution in [0.5, 0.6) is 0 Å². The summed E-state index contributed by atoms with van der Waals surface area (Å²) in [6, 6.07) is 7.24. The third-order valence-corrected chi connectivity index (χ3v) is 3.74. The van der Waals surface area contributed by atoms with Crippen LogP contribution in [0.3, 0.4) is 0 Å². The zero-order chi connectivity index (χ0) is 15.0. The number of likely N-dealkylation sites (N-methyl/N-ethyl adjacent to an activating group) is 1. The largest absolute Gasteiger partial charge is 0.344 e. The van der Waals surface area contributed by atoms with Gasteiger partial charge in [-0.1, -0.05) is 29.8 Å². The second-order valence-corrected chi connectivity index (χ2v) is 5.24. The normalized spacial score (nSPS) is 17.5. The number of para-hydroxylation sites is 1. The molecule has 1 amide bonds. The third kappa shape index (κ3) is 2.50. The quantitative estimate of drug-likeness (QED) is 0.879. The number of fused-ring (bicyclic) bond motifs is 1. The minimum atomic E-state index is -0.478. The van der Waals surface area contributed by atoms with Crippen LogP contribution in [-0.4, -0.2) is 29.0 Å². The maximum atomic E-state index is 12.4. The van der Waals surface area contributed by atoms with E-state index in [1.807, 2.05) is 24.3 Å². The summed E-state index contributed by atoms with van der Waals surface area (Å²) in [7, 11) is 1.73. The lowest BCUT2D eigenvalue weighted by atomic mass is 9.98. The molecule has 0 saturated carbocycles. The smallest absolute Gasteiger partial charge is 0.271 e. The summed E-state index contributed by atoms with van der Waals surface area (Å²) >= 11 is 5.63. The Balaban J connectivity index is 1.88. The van der Waals surface area contributed by atoms with Gasteiger partial charge < -0.3 is 10.2 Å². The van der Waals surface area contributed by atoms with Crippen LogP contribution >= 0.6 is 11.6 Å². The van der Waals surface area contributed by atoms with Gasteiger partial charge in [-0.25, -0.2) is 4.98 Å². The Kier molecular flexibility index (Phi) is 3.39. The van der Waals surface area contributed by atoms with Gasteiger partial charge in [0.15, 0.2) is 0 Å². The molecule has 7 heteroatoms. The van der Waals surface area contributed by atoms with Gasteiger partial charge in [-0.05, 0) is 11.6 Å². The molecule has 21 heavy (non-hydrogen) atoms. The average molecular weight is 305 g/mol. The van der Waals surface area contributed by atoms with Crippen LogP contribution in [0.1, 0.15) is 5.56 Å². The fourth-order valence-corrected chi connectivity index (χ4v) is 2.50. The molecule has 1 unspecified atom stereocenters. The maximum absolute atomic E-state index is 12.4. The molecule has 2 aromatic rings. The summed E-state index contributed by atoms with van der Waals surface area (Å²) in [6.45, 7) is 0. The van der Waals surface area contributed by atoms with Crippen LogP contribution < -0.4 is 15.8 Å². The fourth-order valence-electron chi connectivity index (χ4n) is 2.40. The number of nitrogens with one attached hydrogen (secondary N) is 2. The van der Waals surface area contributed by atoms with E-state index in [9.17, 15) is 9.59 Å². The molecule has 0 saturated heterocycles. The average Bonchev–Trinajstić information content (AvgIpc) is 2.48. The first-order valence-electron chi connectivity index (χ1n) is 6.43. The number of anilines is 2. The van der Waals surface area contributed by atoms with Gasteiger partial charge in [0.1, 0.15) is 11.1 Å². The van der Waals surface area contributed by atoms with Crippen molar-refractivity contribution < 1.29 is 4.79 Å². The van der Waals surface area contributed by atoms with E-state index in [-0.39, 0.29) is 16.9 Å². The van der Waals surface area contributed by atoms with Gasteiger partial charge in [-0.3, -0.25) is 14.6 Å². The molecule has 6 nitrogen and oxygen atoms in total. The number of rotatable bonds is 2. The number of hydrogen-bond acceptors (Lipinski definition) is 4. The lowest BCUT2D eigenvalue weighted by Crippen LogP contribution is -2.46. The summed E-state index contributed by atoms with van der Waals surface area (Å²) in [5.41, 5.74) is 1.53. The molecule has 0 fully saturated rings. The van der Waals surface area contributed by atoms with Crippen molar-refractivity contribution in [2.24, 2.45) is 0 Å². The Morgan fingerprint density at radius 2 is 2.14 bits per heavy atom. The van der Waals surface area contributed by atoms with Crippen LogP contribution in [0, 0.1) is 0 Å². The molecule has 1 aliphatic rings. The lowest BCUT2D eigenvalue weighted by molar-refractivity contribution is -0.119. The third-order valence-electron chi connectivity index (χ3n) is 3.47. The number of H-pyrrole nitrogens is 1. The van der Waals surface area contributed by atoms with Crippen LogP contribution in [0.25, 0.3) is 0 Å². The van der Waals surface area contributed by atoms with E-state index >= 15 is 0 Å². The van der Waals surface area contributed by atoms with Crippen molar-refractivity contribution in [2.75, 3.05) is 17.3 Å². The van der Waals surface area contributed by atoms with Crippen LogP contribution in [0.4, 0.5) is 11.6 Å². The van der Waals surface area contributed by atoms with E-state index in [0.29, 0.717) is 6.42 Å². The molecule has 0 radical (unpaired) electrons. The molecular weight excluding hydrogens is 292 g/mol. The SMILES string of the molecule is CN1C(=O)C(Nc2ncc(Cl)c(=O)[nH]2)Cc2ccccc21. The predicted octanol–water partition coefficient (Wildman–Crippen LogP) is 1.42. The molecule has 2 N–H and O–H groups in total. The van der Waals surface area contributed by atoms with E-state index in [1.54, 1.807) is 11.9 Å². The van der Waals surface area contributed by atoms with Gasteiger partial charge in [-0.2, -0.15) is 0 Å². The second kappa shape index (κ2) is 5.21. The van der Waals surface area contributed by atoms with Gasteiger partial charge >= 0.3 is 0 Å². The maximum Gasteiger partial charge on any atom is 0.271 e. The Hall–Kier alpha value is -2.34. The minimum absolute atomic E-state index is 0.0120. The molecule has 1 aromatic carbocycles. The first kappa shape index (κ1) is 13.6. The highest BCUT2D eigenvalue weighted by Crippen LogP contribution is 2.27. The van der Waals surface area contributed by atoms with Crippen molar-refractivity contribution in [3.05, 3.63) is 51.4 Å². The van der Waals surface area contributed by atoms with E-state index < -0.39 is 11.6 Å². The van der Waals surface area contributed by atoms with Crippen LogP contribution in [-0.2, 0) is 11.2 Å². The van der Waals surface area contributed by atoms with Crippen LogP contribution in [0.15, 0.2) is 35.3 Å². The van der Waals surface area contributed by atoms with Crippen molar-refractivity contribution in [3.63, 3.8) is 0 Å². The van der Waals surface area contributed by atoms with E-state index in [1.165, 1.54) is 6.20 Å². The molecule has 2 heterocycles. The molecule has 0 bridgehead atoms. The zero-order valence-corrected chi connectivity index (χ0v) is 12.0. The number of hydrogen-bond donors (Lipinski definition) is 2. The van der Waals surface area contributed by atoms with Gasteiger partial charge in [0.2, 0.25) is 11.9 Å².